The van der Waals surface area contributed by atoms with E-state index >= 15 is 0 Å². The number of benzene rings is 1. The van der Waals surface area contributed by atoms with Crippen molar-refractivity contribution >= 4 is 32.8 Å². The van der Waals surface area contributed by atoms with Crippen LogP contribution in [0.2, 0.25) is 0 Å². The first-order chi connectivity index (χ1) is 15.1. The van der Waals surface area contributed by atoms with Crippen LogP contribution in [0, 0.1) is 5.82 Å². The number of amides is 1. The van der Waals surface area contributed by atoms with Crippen molar-refractivity contribution < 1.29 is 27.1 Å². The van der Waals surface area contributed by atoms with Crippen molar-refractivity contribution in [1.82, 2.24) is 10.3 Å². The lowest BCUT2D eigenvalue weighted by atomic mass is 10.0. The first-order valence-electron chi connectivity index (χ1n) is 10.3. The van der Waals surface area contributed by atoms with Gasteiger partial charge in [-0.2, -0.15) is 4.98 Å². The Kier molecular flexibility index (Phi) is 7.15. The molecule has 0 bridgehead atoms. The molecule has 0 aliphatic rings. The summed E-state index contributed by atoms with van der Waals surface area (Å²) in [6, 6.07) is 7.17. The van der Waals surface area contributed by atoms with E-state index in [0.29, 0.717) is 35.8 Å². The van der Waals surface area contributed by atoms with Gasteiger partial charge in [0.25, 0.3) is 5.91 Å². The van der Waals surface area contributed by atoms with Crippen LogP contribution in [-0.4, -0.2) is 43.3 Å². The summed E-state index contributed by atoms with van der Waals surface area (Å²) >= 11 is 0. The van der Waals surface area contributed by atoms with Crippen molar-refractivity contribution in [3.05, 3.63) is 47.3 Å². The zero-order valence-corrected chi connectivity index (χ0v) is 18.9. The number of aliphatic hydroxyl groups excluding tert-OH is 1. The Morgan fingerprint density at radius 1 is 1.28 bits per heavy atom. The Hall–Kier alpha value is -2.98. The van der Waals surface area contributed by atoms with E-state index in [0.717, 1.165) is 0 Å². The molecule has 0 spiro atoms. The van der Waals surface area contributed by atoms with Gasteiger partial charge in [-0.05, 0) is 69.0 Å². The third kappa shape index (κ3) is 5.25. The molecular formula is C22H26FN3O5S. The minimum absolute atomic E-state index is 0.0796. The second-order valence-electron chi connectivity index (χ2n) is 7.49. The molecule has 0 saturated heterocycles. The SMILES string of the molecule is CCS(=O)(=O)Nc1nc2oc(-c3ccc(F)cc3)c(C(=O)NC)c2cc1CCCC(C)O. The van der Waals surface area contributed by atoms with Crippen molar-refractivity contribution in [2.24, 2.45) is 0 Å². The Bertz CT molecular complexity index is 1220. The molecule has 32 heavy (non-hydrogen) atoms. The first-order valence-corrected chi connectivity index (χ1v) is 11.9. The minimum Gasteiger partial charge on any atom is -0.437 e. The van der Waals surface area contributed by atoms with Gasteiger partial charge in [0.2, 0.25) is 15.7 Å². The van der Waals surface area contributed by atoms with Crippen LogP contribution in [-0.2, 0) is 16.4 Å². The second-order valence-corrected chi connectivity index (χ2v) is 9.50. The van der Waals surface area contributed by atoms with E-state index in [2.05, 4.69) is 15.0 Å². The lowest BCUT2D eigenvalue weighted by Gasteiger charge is -2.12. The van der Waals surface area contributed by atoms with Crippen molar-refractivity contribution in [2.75, 3.05) is 17.5 Å². The fourth-order valence-corrected chi connectivity index (χ4v) is 3.92. The summed E-state index contributed by atoms with van der Waals surface area (Å²) in [5, 5.41) is 12.6. The summed E-state index contributed by atoms with van der Waals surface area (Å²) in [6.45, 7) is 3.19. The monoisotopic (exact) mass is 463 g/mol. The fourth-order valence-electron chi connectivity index (χ4n) is 3.31. The Labute approximate surface area is 185 Å². The molecule has 2 aromatic heterocycles. The molecule has 2 heterocycles. The van der Waals surface area contributed by atoms with E-state index in [1.807, 2.05) is 0 Å². The predicted molar refractivity (Wildman–Crippen MR) is 120 cm³/mol. The summed E-state index contributed by atoms with van der Waals surface area (Å²) in [4.78, 5) is 17.1. The highest BCUT2D eigenvalue weighted by Gasteiger charge is 2.25. The molecule has 1 amide bonds. The number of anilines is 1. The number of aromatic nitrogens is 1. The van der Waals surface area contributed by atoms with E-state index in [-0.39, 0.29) is 28.6 Å². The Morgan fingerprint density at radius 3 is 2.56 bits per heavy atom. The number of carbonyl (C=O) groups is 1. The summed E-state index contributed by atoms with van der Waals surface area (Å²) < 4.78 is 46.1. The molecule has 1 atom stereocenters. The Balaban J connectivity index is 2.20. The van der Waals surface area contributed by atoms with Crippen LogP contribution in [0.25, 0.3) is 22.4 Å². The van der Waals surface area contributed by atoms with Gasteiger partial charge in [-0.1, -0.05) is 0 Å². The number of nitrogens with one attached hydrogen (secondary N) is 2. The number of sulfonamides is 1. The van der Waals surface area contributed by atoms with E-state index < -0.39 is 27.9 Å². The van der Waals surface area contributed by atoms with Crippen LogP contribution >= 0.6 is 0 Å². The highest BCUT2D eigenvalue weighted by molar-refractivity contribution is 7.92. The molecule has 0 fully saturated rings. The van der Waals surface area contributed by atoms with E-state index in [1.165, 1.54) is 38.2 Å². The largest absolute Gasteiger partial charge is 0.437 e. The molecule has 0 aliphatic heterocycles. The van der Waals surface area contributed by atoms with Gasteiger partial charge in [-0.3, -0.25) is 9.52 Å². The number of rotatable bonds is 9. The molecule has 3 aromatic rings. The molecule has 172 valence electrons. The highest BCUT2D eigenvalue weighted by Crippen LogP contribution is 2.35. The number of halogens is 1. The normalized spacial score (nSPS) is 12.7. The molecule has 8 nitrogen and oxygen atoms in total. The average Bonchev–Trinajstić information content (AvgIpc) is 3.11. The third-order valence-electron chi connectivity index (χ3n) is 5.02. The van der Waals surface area contributed by atoms with Crippen LogP contribution in [0.15, 0.2) is 34.7 Å². The van der Waals surface area contributed by atoms with Gasteiger partial charge in [0, 0.05) is 12.6 Å². The van der Waals surface area contributed by atoms with E-state index in [4.69, 9.17) is 4.42 Å². The van der Waals surface area contributed by atoms with E-state index in [1.54, 1.807) is 13.0 Å². The van der Waals surface area contributed by atoms with Gasteiger partial charge in [0.05, 0.1) is 22.8 Å². The molecule has 1 aromatic carbocycles. The molecular weight excluding hydrogens is 437 g/mol. The molecule has 10 heteroatoms. The standard InChI is InChI=1S/C22H26FN3O5S/c1-4-32(29,30)26-20-15(7-5-6-13(2)27)12-17-18(21(28)24-3)19(31-22(17)25-20)14-8-10-16(23)11-9-14/h8-13,27H,4-7H2,1-3H3,(H,24,28)(H,25,26). The second kappa shape index (κ2) is 9.66. The number of hydrogen-bond donors (Lipinski definition) is 3. The van der Waals surface area contributed by atoms with Crippen LogP contribution in [0.4, 0.5) is 10.2 Å². The van der Waals surface area contributed by atoms with Crippen molar-refractivity contribution in [3.8, 4) is 11.3 Å². The number of nitrogens with zero attached hydrogens (tertiary/aromatic N) is 1. The topological polar surface area (TPSA) is 122 Å². The van der Waals surface area contributed by atoms with Gasteiger partial charge >= 0.3 is 0 Å². The fraction of sp³-hybridized carbons (Fsp3) is 0.364. The number of aryl methyl sites for hydroxylation is 1. The van der Waals surface area contributed by atoms with Crippen molar-refractivity contribution in [2.45, 2.75) is 39.2 Å². The molecule has 0 saturated carbocycles. The summed E-state index contributed by atoms with van der Waals surface area (Å²) in [6.07, 6.45) is 1.04. The summed E-state index contributed by atoms with van der Waals surface area (Å²) in [7, 11) is -2.13. The van der Waals surface area contributed by atoms with Crippen LogP contribution in [0.1, 0.15) is 42.6 Å². The van der Waals surface area contributed by atoms with Gasteiger partial charge in [0.15, 0.2) is 0 Å². The molecule has 3 N–H and O–H groups in total. The Morgan fingerprint density at radius 2 is 1.97 bits per heavy atom. The zero-order valence-electron chi connectivity index (χ0n) is 18.1. The smallest absolute Gasteiger partial charge is 0.255 e. The number of furan rings is 1. The maximum Gasteiger partial charge on any atom is 0.255 e. The van der Waals surface area contributed by atoms with E-state index in [9.17, 15) is 22.7 Å². The quantitative estimate of drug-likeness (QED) is 0.447. The first kappa shape index (κ1) is 23.7. The molecule has 0 radical (unpaired) electrons. The highest BCUT2D eigenvalue weighted by atomic mass is 32.2. The van der Waals surface area contributed by atoms with Crippen molar-refractivity contribution in [1.29, 1.82) is 0 Å². The number of aliphatic hydroxyl groups is 1. The number of pyridine rings is 1. The molecule has 0 aliphatic carbocycles. The van der Waals surface area contributed by atoms with Gasteiger partial charge in [0.1, 0.15) is 17.4 Å². The number of carbonyl (C=O) groups excluding carboxylic acids is 1. The molecule has 3 rings (SSSR count). The predicted octanol–water partition coefficient (Wildman–Crippen LogP) is 3.46. The lowest BCUT2D eigenvalue weighted by molar-refractivity contribution is 0.0964. The van der Waals surface area contributed by atoms with Gasteiger partial charge < -0.3 is 14.8 Å². The lowest BCUT2D eigenvalue weighted by Crippen LogP contribution is -2.19. The third-order valence-corrected chi connectivity index (χ3v) is 6.29. The van der Waals surface area contributed by atoms with Crippen LogP contribution in [0.3, 0.4) is 0 Å². The van der Waals surface area contributed by atoms with Crippen LogP contribution in [0.5, 0.6) is 0 Å². The average molecular weight is 464 g/mol. The minimum atomic E-state index is -3.61. The van der Waals surface area contributed by atoms with Gasteiger partial charge in [-0.15, -0.1) is 0 Å². The maximum absolute atomic E-state index is 13.4. The van der Waals surface area contributed by atoms with Gasteiger partial charge in [-0.25, -0.2) is 12.8 Å². The van der Waals surface area contributed by atoms with Crippen molar-refractivity contribution in [3.63, 3.8) is 0 Å². The number of fused-ring (bicyclic) bond motifs is 1. The number of hydrogen-bond acceptors (Lipinski definition) is 6. The maximum atomic E-state index is 13.4. The molecule has 1 unspecified atom stereocenters. The van der Waals surface area contributed by atoms with Crippen LogP contribution < -0.4 is 10.0 Å². The summed E-state index contributed by atoms with van der Waals surface area (Å²) in [5.74, 6) is -0.657. The summed E-state index contributed by atoms with van der Waals surface area (Å²) in [5.41, 5.74) is 1.36. The zero-order chi connectivity index (χ0) is 23.5.